The molecule has 0 aromatic carbocycles. The summed E-state index contributed by atoms with van der Waals surface area (Å²) in [7, 11) is 0. The van der Waals surface area contributed by atoms with Crippen molar-refractivity contribution >= 4 is 18.3 Å². The van der Waals surface area contributed by atoms with Crippen LogP contribution < -0.4 is 5.73 Å². The predicted octanol–water partition coefficient (Wildman–Crippen LogP) is 1.48. The van der Waals surface area contributed by atoms with Crippen LogP contribution in [0.3, 0.4) is 0 Å². The largest absolute Gasteiger partial charge is 0.366 e. The number of primary amides is 1. The van der Waals surface area contributed by atoms with E-state index in [1.807, 2.05) is 12.3 Å². The molecule has 0 saturated heterocycles. The molecule has 0 radical (unpaired) electrons. The van der Waals surface area contributed by atoms with Crippen LogP contribution in [0.4, 0.5) is 0 Å². The van der Waals surface area contributed by atoms with E-state index in [0.29, 0.717) is 11.5 Å². The Morgan fingerprint density at radius 2 is 2.15 bits per heavy atom. The Labute approximate surface area is 82.8 Å². The van der Waals surface area contributed by atoms with Crippen LogP contribution in [0.5, 0.6) is 0 Å². The Morgan fingerprint density at radius 3 is 2.69 bits per heavy atom. The minimum Gasteiger partial charge on any atom is -0.366 e. The van der Waals surface area contributed by atoms with Gasteiger partial charge in [0.1, 0.15) is 0 Å². The molecule has 1 aromatic rings. The number of aromatic nitrogens is 1. The molecular weight excluding hydrogens is 188 g/mol. The molecule has 1 amide bonds. The number of amides is 1. The normalized spacial score (nSPS) is 14.8. The molecule has 3 nitrogen and oxygen atoms in total. The second-order valence-corrected chi connectivity index (χ2v) is 3.15. The second-order valence-electron chi connectivity index (χ2n) is 3.15. The van der Waals surface area contributed by atoms with Crippen molar-refractivity contribution in [1.29, 1.82) is 0 Å². The van der Waals surface area contributed by atoms with Crippen molar-refractivity contribution in [2.45, 2.75) is 18.8 Å². The maximum Gasteiger partial charge on any atom is 0.250 e. The first kappa shape index (κ1) is 9.99. The lowest BCUT2D eigenvalue weighted by molar-refractivity contribution is 0.1000. The average Bonchev–Trinajstić information content (AvgIpc) is 2.87. The smallest absolute Gasteiger partial charge is 0.250 e. The molecule has 1 saturated carbocycles. The molecule has 1 aliphatic rings. The molecule has 2 N–H and O–H groups in total. The average molecular weight is 199 g/mol. The summed E-state index contributed by atoms with van der Waals surface area (Å²) in [6, 6.07) is 1.84. The zero-order valence-electron chi connectivity index (χ0n) is 7.06. The molecular formula is C9H11ClN2O. The lowest BCUT2D eigenvalue weighted by atomic mass is 10.1. The van der Waals surface area contributed by atoms with Gasteiger partial charge in [0.05, 0.1) is 5.56 Å². The van der Waals surface area contributed by atoms with Crippen LogP contribution in [-0.4, -0.2) is 10.9 Å². The fourth-order valence-corrected chi connectivity index (χ4v) is 1.23. The Hall–Kier alpha value is -1.09. The van der Waals surface area contributed by atoms with Crippen molar-refractivity contribution in [1.82, 2.24) is 4.98 Å². The van der Waals surface area contributed by atoms with Crippen LogP contribution in [-0.2, 0) is 0 Å². The number of hydrogen-bond donors (Lipinski definition) is 1. The van der Waals surface area contributed by atoms with E-state index in [1.54, 1.807) is 0 Å². The highest BCUT2D eigenvalue weighted by Gasteiger charge is 2.24. The van der Waals surface area contributed by atoms with Crippen LogP contribution in [0, 0.1) is 0 Å². The lowest BCUT2D eigenvalue weighted by Gasteiger charge is -1.98. The van der Waals surface area contributed by atoms with E-state index >= 15 is 0 Å². The van der Waals surface area contributed by atoms with Gasteiger partial charge in [0.25, 0.3) is 0 Å². The standard InChI is InChI=1S/C9H10N2O.ClH/c10-9(12)8-3-7(4-11-5-8)6-1-2-6;/h3-6H,1-2H2,(H2,10,12);1H. The van der Waals surface area contributed by atoms with E-state index < -0.39 is 5.91 Å². The Bertz CT molecular complexity index is 323. The molecule has 2 rings (SSSR count). The third-order valence-electron chi connectivity index (χ3n) is 2.09. The summed E-state index contributed by atoms with van der Waals surface area (Å²) >= 11 is 0. The molecule has 0 aliphatic heterocycles. The van der Waals surface area contributed by atoms with Crippen molar-refractivity contribution in [2.75, 3.05) is 0 Å². The number of hydrogen-bond acceptors (Lipinski definition) is 2. The van der Waals surface area contributed by atoms with Gasteiger partial charge < -0.3 is 5.73 Å². The van der Waals surface area contributed by atoms with E-state index in [-0.39, 0.29) is 12.4 Å². The summed E-state index contributed by atoms with van der Waals surface area (Å²) in [4.78, 5) is 14.7. The quantitative estimate of drug-likeness (QED) is 0.783. The van der Waals surface area contributed by atoms with Gasteiger partial charge in [-0.05, 0) is 30.4 Å². The van der Waals surface area contributed by atoms with E-state index in [0.717, 1.165) is 5.56 Å². The van der Waals surface area contributed by atoms with Crippen molar-refractivity contribution in [3.05, 3.63) is 29.6 Å². The van der Waals surface area contributed by atoms with Gasteiger partial charge in [-0.25, -0.2) is 0 Å². The first-order valence-corrected chi connectivity index (χ1v) is 4.02. The van der Waals surface area contributed by atoms with Crippen molar-refractivity contribution < 1.29 is 4.79 Å². The second kappa shape index (κ2) is 3.75. The predicted molar refractivity (Wildman–Crippen MR) is 52.0 cm³/mol. The maximum atomic E-state index is 10.8. The maximum absolute atomic E-state index is 10.8. The van der Waals surface area contributed by atoms with Crippen LogP contribution in [0.1, 0.15) is 34.7 Å². The molecule has 4 heteroatoms. The third-order valence-corrected chi connectivity index (χ3v) is 2.09. The highest BCUT2D eigenvalue weighted by atomic mass is 35.5. The lowest BCUT2D eigenvalue weighted by Crippen LogP contribution is -2.11. The van der Waals surface area contributed by atoms with Crippen molar-refractivity contribution in [3.63, 3.8) is 0 Å². The molecule has 1 heterocycles. The van der Waals surface area contributed by atoms with Gasteiger partial charge >= 0.3 is 0 Å². The summed E-state index contributed by atoms with van der Waals surface area (Å²) in [6.07, 6.45) is 5.74. The first-order chi connectivity index (χ1) is 5.77. The number of pyridine rings is 1. The number of nitrogens with two attached hydrogens (primary N) is 1. The Balaban J connectivity index is 0.000000845. The summed E-state index contributed by atoms with van der Waals surface area (Å²) in [5.41, 5.74) is 6.78. The van der Waals surface area contributed by atoms with Crippen LogP contribution in [0.2, 0.25) is 0 Å². The topological polar surface area (TPSA) is 56.0 Å². The highest BCUT2D eigenvalue weighted by Crippen LogP contribution is 2.39. The van der Waals surface area contributed by atoms with Crippen molar-refractivity contribution in [2.24, 2.45) is 5.73 Å². The highest BCUT2D eigenvalue weighted by molar-refractivity contribution is 5.92. The monoisotopic (exact) mass is 198 g/mol. The molecule has 70 valence electrons. The zero-order chi connectivity index (χ0) is 8.55. The fourth-order valence-electron chi connectivity index (χ4n) is 1.23. The van der Waals surface area contributed by atoms with E-state index in [9.17, 15) is 4.79 Å². The summed E-state index contributed by atoms with van der Waals surface area (Å²) in [5, 5.41) is 0. The molecule has 0 spiro atoms. The number of carbonyl (C=O) groups is 1. The summed E-state index contributed by atoms with van der Waals surface area (Å²) in [6.45, 7) is 0. The van der Waals surface area contributed by atoms with Gasteiger partial charge in [-0.15, -0.1) is 12.4 Å². The van der Waals surface area contributed by atoms with E-state index in [2.05, 4.69) is 4.98 Å². The number of nitrogens with zero attached hydrogens (tertiary/aromatic N) is 1. The minimum atomic E-state index is -0.398. The van der Waals surface area contributed by atoms with E-state index in [4.69, 9.17) is 5.73 Å². The van der Waals surface area contributed by atoms with Gasteiger partial charge in [-0.2, -0.15) is 0 Å². The van der Waals surface area contributed by atoms with Gasteiger partial charge in [0.15, 0.2) is 0 Å². The summed E-state index contributed by atoms with van der Waals surface area (Å²) in [5.74, 6) is 0.224. The number of carbonyl (C=O) groups excluding carboxylic acids is 1. The van der Waals surface area contributed by atoms with Crippen LogP contribution in [0.25, 0.3) is 0 Å². The SMILES string of the molecule is Cl.NC(=O)c1cncc(C2CC2)c1. The fraction of sp³-hybridized carbons (Fsp3) is 0.333. The number of halogens is 1. The Morgan fingerprint density at radius 1 is 1.46 bits per heavy atom. The molecule has 0 unspecified atom stereocenters. The molecule has 1 aromatic heterocycles. The minimum absolute atomic E-state index is 0. The van der Waals surface area contributed by atoms with Crippen molar-refractivity contribution in [3.8, 4) is 0 Å². The molecule has 0 bridgehead atoms. The number of rotatable bonds is 2. The molecule has 1 fully saturated rings. The third kappa shape index (κ3) is 2.18. The van der Waals surface area contributed by atoms with Gasteiger partial charge in [-0.1, -0.05) is 0 Å². The summed E-state index contributed by atoms with van der Waals surface area (Å²) < 4.78 is 0. The van der Waals surface area contributed by atoms with Gasteiger partial charge in [0.2, 0.25) is 5.91 Å². The zero-order valence-corrected chi connectivity index (χ0v) is 7.88. The van der Waals surface area contributed by atoms with Crippen LogP contribution >= 0.6 is 12.4 Å². The van der Waals surface area contributed by atoms with Gasteiger partial charge in [-0.3, -0.25) is 9.78 Å². The Kier molecular flexibility index (Phi) is 2.88. The van der Waals surface area contributed by atoms with Crippen LogP contribution in [0.15, 0.2) is 18.5 Å². The van der Waals surface area contributed by atoms with Gasteiger partial charge in [0, 0.05) is 12.4 Å². The first-order valence-electron chi connectivity index (χ1n) is 4.02. The molecule has 13 heavy (non-hydrogen) atoms. The van der Waals surface area contributed by atoms with E-state index in [1.165, 1.54) is 19.0 Å². The molecule has 1 aliphatic carbocycles. The molecule has 0 atom stereocenters.